The van der Waals surface area contributed by atoms with Crippen LogP contribution < -0.4 is 5.32 Å². The first-order chi connectivity index (χ1) is 6.47. The summed E-state index contributed by atoms with van der Waals surface area (Å²) in [5, 5.41) is 12.7. The van der Waals surface area contributed by atoms with Crippen LogP contribution in [0.25, 0.3) is 0 Å². The van der Waals surface area contributed by atoms with Crippen molar-refractivity contribution < 1.29 is 5.11 Å². The van der Waals surface area contributed by atoms with Gasteiger partial charge in [0.1, 0.15) is 0 Å². The zero-order valence-electron chi connectivity index (χ0n) is 10.2. The minimum absolute atomic E-state index is 0.263. The second kappa shape index (κ2) is 7.21. The Kier molecular flexibility index (Phi) is 7.15. The maximum absolute atomic E-state index is 9.68. The maximum atomic E-state index is 9.68. The van der Waals surface area contributed by atoms with Gasteiger partial charge >= 0.3 is 0 Å². The molecule has 0 aromatic carbocycles. The summed E-state index contributed by atoms with van der Waals surface area (Å²) in [5.41, 5.74) is 0. The standard InChI is InChI=1S/C11H26N2O/c1-9(2)7-13(10(3)4)8-11(14)6-12-5/h9-12,14H,6-8H2,1-5H3. The van der Waals surface area contributed by atoms with Crippen LogP contribution in [-0.2, 0) is 0 Å². The Morgan fingerprint density at radius 1 is 1.14 bits per heavy atom. The van der Waals surface area contributed by atoms with Crippen molar-refractivity contribution in [1.82, 2.24) is 10.2 Å². The highest BCUT2D eigenvalue weighted by atomic mass is 16.3. The van der Waals surface area contributed by atoms with Crippen molar-refractivity contribution in [3.05, 3.63) is 0 Å². The topological polar surface area (TPSA) is 35.5 Å². The molecular weight excluding hydrogens is 176 g/mol. The number of likely N-dealkylation sites (N-methyl/N-ethyl adjacent to an activating group) is 1. The first kappa shape index (κ1) is 13.9. The molecule has 0 radical (unpaired) electrons. The Balaban J connectivity index is 3.95. The Bertz CT molecular complexity index is 137. The highest BCUT2D eigenvalue weighted by molar-refractivity contribution is 4.70. The second-order valence-corrected chi connectivity index (χ2v) is 4.65. The van der Waals surface area contributed by atoms with Crippen LogP contribution in [0.5, 0.6) is 0 Å². The van der Waals surface area contributed by atoms with Gasteiger partial charge in [-0.1, -0.05) is 13.8 Å². The fourth-order valence-corrected chi connectivity index (χ4v) is 1.54. The molecule has 1 atom stereocenters. The lowest BCUT2D eigenvalue weighted by atomic mass is 10.1. The van der Waals surface area contributed by atoms with E-state index in [0.717, 1.165) is 13.1 Å². The van der Waals surface area contributed by atoms with Crippen molar-refractivity contribution in [2.45, 2.75) is 39.8 Å². The van der Waals surface area contributed by atoms with E-state index in [1.165, 1.54) is 0 Å². The van der Waals surface area contributed by atoms with Crippen molar-refractivity contribution in [1.29, 1.82) is 0 Å². The summed E-state index contributed by atoms with van der Waals surface area (Å²) in [6.45, 7) is 11.2. The van der Waals surface area contributed by atoms with E-state index in [1.807, 2.05) is 7.05 Å². The molecule has 14 heavy (non-hydrogen) atoms. The molecule has 3 heteroatoms. The molecule has 0 spiro atoms. The Hall–Kier alpha value is -0.120. The van der Waals surface area contributed by atoms with Gasteiger partial charge in [0, 0.05) is 25.7 Å². The molecule has 0 amide bonds. The molecule has 0 saturated carbocycles. The summed E-state index contributed by atoms with van der Waals surface area (Å²) in [6, 6.07) is 0.504. The highest BCUT2D eigenvalue weighted by Crippen LogP contribution is 2.04. The van der Waals surface area contributed by atoms with Crippen molar-refractivity contribution in [3.63, 3.8) is 0 Å². The largest absolute Gasteiger partial charge is 0.390 e. The van der Waals surface area contributed by atoms with E-state index in [2.05, 4.69) is 37.9 Å². The van der Waals surface area contributed by atoms with E-state index in [0.29, 0.717) is 18.5 Å². The fraction of sp³-hybridized carbons (Fsp3) is 1.00. The molecule has 0 aliphatic carbocycles. The van der Waals surface area contributed by atoms with Crippen molar-refractivity contribution in [2.24, 2.45) is 5.92 Å². The number of hydrogen-bond donors (Lipinski definition) is 2. The third kappa shape index (κ3) is 6.35. The molecule has 0 aromatic heterocycles. The molecule has 0 bridgehead atoms. The van der Waals surface area contributed by atoms with Gasteiger partial charge in [-0.25, -0.2) is 0 Å². The van der Waals surface area contributed by atoms with E-state index in [1.54, 1.807) is 0 Å². The van der Waals surface area contributed by atoms with Crippen molar-refractivity contribution >= 4 is 0 Å². The molecule has 0 saturated heterocycles. The number of hydrogen-bond acceptors (Lipinski definition) is 3. The van der Waals surface area contributed by atoms with E-state index in [-0.39, 0.29) is 6.10 Å². The number of rotatable bonds is 7. The molecule has 0 rings (SSSR count). The molecule has 0 aliphatic heterocycles. The monoisotopic (exact) mass is 202 g/mol. The summed E-state index contributed by atoms with van der Waals surface area (Å²) in [6.07, 6.45) is -0.263. The average Bonchev–Trinajstić information content (AvgIpc) is 2.02. The first-order valence-electron chi connectivity index (χ1n) is 5.54. The Morgan fingerprint density at radius 2 is 1.71 bits per heavy atom. The first-order valence-corrected chi connectivity index (χ1v) is 5.54. The van der Waals surface area contributed by atoms with Gasteiger partial charge in [0.05, 0.1) is 6.10 Å². The minimum Gasteiger partial charge on any atom is -0.390 e. The lowest BCUT2D eigenvalue weighted by Crippen LogP contribution is -2.42. The minimum atomic E-state index is -0.263. The molecular formula is C11H26N2O. The zero-order valence-corrected chi connectivity index (χ0v) is 10.2. The number of nitrogens with one attached hydrogen (secondary N) is 1. The van der Waals surface area contributed by atoms with Gasteiger partial charge in [0.25, 0.3) is 0 Å². The SMILES string of the molecule is CNCC(O)CN(CC(C)C)C(C)C. The molecule has 2 N–H and O–H groups in total. The third-order valence-electron chi connectivity index (χ3n) is 2.21. The van der Waals surface area contributed by atoms with Crippen LogP contribution in [0.3, 0.4) is 0 Å². The molecule has 0 aliphatic rings. The summed E-state index contributed by atoms with van der Waals surface area (Å²) in [4.78, 5) is 2.33. The van der Waals surface area contributed by atoms with Crippen LogP contribution in [0, 0.1) is 5.92 Å². The van der Waals surface area contributed by atoms with Gasteiger partial charge in [-0.2, -0.15) is 0 Å². The maximum Gasteiger partial charge on any atom is 0.0791 e. The van der Waals surface area contributed by atoms with Gasteiger partial charge in [0.2, 0.25) is 0 Å². The normalized spacial score (nSPS) is 14.4. The number of aliphatic hydroxyl groups excluding tert-OH is 1. The summed E-state index contributed by atoms with van der Waals surface area (Å²) in [7, 11) is 1.87. The van der Waals surface area contributed by atoms with Crippen LogP contribution >= 0.6 is 0 Å². The molecule has 0 heterocycles. The third-order valence-corrected chi connectivity index (χ3v) is 2.21. The highest BCUT2D eigenvalue weighted by Gasteiger charge is 2.14. The van der Waals surface area contributed by atoms with Crippen molar-refractivity contribution in [3.8, 4) is 0 Å². The summed E-state index contributed by atoms with van der Waals surface area (Å²) in [5.74, 6) is 0.652. The lowest BCUT2D eigenvalue weighted by Gasteiger charge is -2.30. The van der Waals surface area contributed by atoms with Crippen molar-refractivity contribution in [2.75, 3.05) is 26.7 Å². The Labute approximate surface area is 88.5 Å². The molecule has 0 fully saturated rings. The van der Waals surface area contributed by atoms with E-state index in [9.17, 15) is 5.11 Å². The van der Waals surface area contributed by atoms with Gasteiger partial charge in [-0.05, 0) is 26.8 Å². The summed E-state index contributed by atoms with van der Waals surface area (Å²) < 4.78 is 0. The van der Waals surface area contributed by atoms with Crippen LogP contribution in [0.2, 0.25) is 0 Å². The van der Waals surface area contributed by atoms with E-state index >= 15 is 0 Å². The number of nitrogens with zero attached hydrogens (tertiary/aromatic N) is 1. The molecule has 3 nitrogen and oxygen atoms in total. The molecule has 0 aromatic rings. The van der Waals surface area contributed by atoms with Crippen LogP contribution in [0.15, 0.2) is 0 Å². The quantitative estimate of drug-likeness (QED) is 0.645. The second-order valence-electron chi connectivity index (χ2n) is 4.65. The van der Waals surface area contributed by atoms with E-state index in [4.69, 9.17) is 0 Å². The van der Waals surface area contributed by atoms with Gasteiger partial charge in [-0.3, -0.25) is 4.90 Å². The lowest BCUT2D eigenvalue weighted by molar-refractivity contribution is 0.0884. The summed E-state index contributed by atoms with van der Waals surface area (Å²) >= 11 is 0. The fourth-order valence-electron chi connectivity index (χ4n) is 1.54. The zero-order chi connectivity index (χ0) is 11.1. The van der Waals surface area contributed by atoms with Crippen LogP contribution in [0.4, 0.5) is 0 Å². The van der Waals surface area contributed by atoms with Gasteiger partial charge in [0.15, 0.2) is 0 Å². The number of aliphatic hydroxyl groups is 1. The van der Waals surface area contributed by atoms with Crippen LogP contribution in [0.1, 0.15) is 27.7 Å². The predicted molar refractivity (Wildman–Crippen MR) is 61.5 cm³/mol. The molecule has 1 unspecified atom stereocenters. The van der Waals surface area contributed by atoms with E-state index < -0.39 is 0 Å². The smallest absolute Gasteiger partial charge is 0.0791 e. The Morgan fingerprint density at radius 3 is 2.07 bits per heavy atom. The predicted octanol–water partition coefficient (Wildman–Crippen LogP) is 0.933. The van der Waals surface area contributed by atoms with Gasteiger partial charge in [-0.15, -0.1) is 0 Å². The van der Waals surface area contributed by atoms with Gasteiger partial charge < -0.3 is 10.4 Å². The van der Waals surface area contributed by atoms with Crippen LogP contribution in [-0.4, -0.2) is 48.8 Å². The average molecular weight is 202 g/mol. The molecule has 86 valence electrons.